The van der Waals surface area contributed by atoms with E-state index in [4.69, 9.17) is 10.2 Å². The molecule has 1 fully saturated rings. The predicted octanol–water partition coefficient (Wildman–Crippen LogP) is -0.927. The van der Waals surface area contributed by atoms with Crippen molar-refractivity contribution in [3.8, 4) is 0 Å². The number of carboxylic acids is 1. The fourth-order valence-corrected chi connectivity index (χ4v) is 1.84. The number of carbonyl (C=O) groups is 2. The summed E-state index contributed by atoms with van der Waals surface area (Å²) in [5.41, 5.74) is 0. The van der Waals surface area contributed by atoms with Crippen LogP contribution >= 0.6 is 0 Å². The zero-order valence-electron chi connectivity index (χ0n) is 10.6. The van der Waals surface area contributed by atoms with Crippen molar-refractivity contribution in [3.63, 3.8) is 0 Å². The zero-order valence-corrected chi connectivity index (χ0v) is 10.6. The first-order valence-corrected chi connectivity index (χ1v) is 6.10. The van der Waals surface area contributed by atoms with Gasteiger partial charge < -0.3 is 25.7 Å². The molecule has 0 aromatic heterocycles. The fourth-order valence-electron chi connectivity index (χ4n) is 1.84. The summed E-state index contributed by atoms with van der Waals surface area (Å²) in [5, 5.41) is 22.4. The summed E-state index contributed by atoms with van der Waals surface area (Å²) in [7, 11) is 2.07. The number of hydrogen-bond donors (Lipinski definition) is 4. The number of aliphatic hydroxyl groups excluding tert-OH is 1. The van der Waals surface area contributed by atoms with Crippen LogP contribution in [0.5, 0.6) is 0 Å². The van der Waals surface area contributed by atoms with Crippen molar-refractivity contribution in [2.24, 2.45) is 5.92 Å². The highest BCUT2D eigenvalue weighted by Gasteiger charge is 2.18. The number of rotatable bonds is 5. The first-order chi connectivity index (χ1) is 8.49. The van der Waals surface area contributed by atoms with Crippen molar-refractivity contribution in [1.29, 1.82) is 0 Å². The van der Waals surface area contributed by atoms with Gasteiger partial charge >= 0.3 is 12.0 Å². The molecule has 4 N–H and O–H groups in total. The van der Waals surface area contributed by atoms with Gasteiger partial charge in [0, 0.05) is 6.54 Å². The van der Waals surface area contributed by atoms with Crippen LogP contribution in [-0.4, -0.2) is 66.4 Å². The van der Waals surface area contributed by atoms with Gasteiger partial charge in [-0.3, -0.25) is 0 Å². The van der Waals surface area contributed by atoms with Gasteiger partial charge in [-0.25, -0.2) is 9.59 Å². The zero-order chi connectivity index (χ0) is 13.5. The monoisotopic (exact) mass is 259 g/mol. The van der Waals surface area contributed by atoms with Gasteiger partial charge in [0.1, 0.15) is 0 Å². The van der Waals surface area contributed by atoms with Crippen molar-refractivity contribution >= 4 is 12.0 Å². The van der Waals surface area contributed by atoms with E-state index in [1.54, 1.807) is 0 Å². The van der Waals surface area contributed by atoms with E-state index in [1.165, 1.54) is 0 Å². The molecule has 104 valence electrons. The molecule has 1 atom stereocenters. The summed E-state index contributed by atoms with van der Waals surface area (Å²) >= 11 is 0. The predicted molar refractivity (Wildman–Crippen MR) is 65.3 cm³/mol. The first-order valence-electron chi connectivity index (χ1n) is 6.10. The average molecular weight is 259 g/mol. The molecule has 0 unspecified atom stereocenters. The minimum atomic E-state index is -1.56. The van der Waals surface area contributed by atoms with Crippen LogP contribution in [0.25, 0.3) is 0 Å². The molecule has 0 spiro atoms. The van der Waals surface area contributed by atoms with E-state index in [0.717, 1.165) is 25.9 Å². The van der Waals surface area contributed by atoms with Gasteiger partial charge in [-0.05, 0) is 38.9 Å². The smallest absolute Gasteiger partial charge is 0.334 e. The van der Waals surface area contributed by atoms with Gasteiger partial charge in [0.05, 0.1) is 6.54 Å². The molecule has 2 amide bonds. The molecule has 18 heavy (non-hydrogen) atoms. The van der Waals surface area contributed by atoms with E-state index in [2.05, 4.69) is 22.6 Å². The van der Waals surface area contributed by atoms with Gasteiger partial charge in [-0.1, -0.05) is 0 Å². The van der Waals surface area contributed by atoms with Crippen LogP contribution < -0.4 is 10.6 Å². The van der Waals surface area contributed by atoms with Crippen molar-refractivity contribution in [2.45, 2.75) is 18.9 Å². The highest BCUT2D eigenvalue weighted by Crippen LogP contribution is 2.14. The number of hydrogen-bond acceptors (Lipinski definition) is 4. The Morgan fingerprint density at radius 1 is 1.33 bits per heavy atom. The van der Waals surface area contributed by atoms with Gasteiger partial charge in [-0.15, -0.1) is 0 Å². The van der Waals surface area contributed by atoms with E-state index in [9.17, 15) is 9.59 Å². The highest BCUT2D eigenvalue weighted by molar-refractivity contribution is 5.76. The Hall–Kier alpha value is -1.34. The fraction of sp³-hybridized carbons (Fsp3) is 0.818. The van der Waals surface area contributed by atoms with Crippen molar-refractivity contribution < 1.29 is 19.8 Å². The van der Waals surface area contributed by atoms with Crippen LogP contribution in [0.2, 0.25) is 0 Å². The number of nitrogens with one attached hydrogen (secondary N) is 2. The van der Waals surface area contributed by atoms with Crippen molar-refractivity contribution in [1.82, 2.24) is 15.5 Å². The van der Waals surface area contributed by atoms with Crippen LogP contribution in [0.15, 0.2) is 0 Å². The standard InChI is InChI=1S/C11H21N3O4/c1-14-4-2-8(3-5-14)6-12-11(18)13-7-9(15)10(16)17/h8-9,15H,2-7H2,1H3,(H,16,17)(H2,12,13,18)/t9-/m0/s1. The highest BCUT2D eigenvalue weighted by atomic mass is 16.4. The van der Waals surface area contributed by atoms with Crippen LogP contribution in [0.1, 0.15) is 12.8 Å². The minimum absolute atomic E-state index is 0.283. The molecule has 1 aliphatic rings. The second-order valence-corrected chi connectivity index (χ2v) is 4.69. The number of aliphatic hydroxyl groups is 1. The summed E-state index contributed by atoms with van der Waals surface area (Å²) in [6.07, 6.45) is 0.544. The Balaban J connectivity index is 2.11. The summed E-state index contributed by atoms with van der Waals surface area (Å²) in [6, 6.07) is -0.436. The van der Waals surface area contributed by atoms with E-state index in [-0.39, 0.29) is 6.54 Å². The molecule has 0 radical (unpaired) electrons. The summed E-state index contributed by atoms with van der Waals surface area (Å²) in [6.45, 7) is 2.37. The van der Waals surface area contributed by atoms with Crippen LogP contribution in [0.3, 0.4) is 0 Å². The maximum absolute atomic E-state index is 11.3. The lowest BCUT2D eigenvalue weighted by Gasteiger charge is -2.28. The molecule has 1 aliphatic heterocycles. The number of aliphatic carboxylic acids is 1. The third-order valence-corrected chi connectivity index (χ3v) is 3.13. The van der Waals surface area contributed by atoms with Crippen LogP contribution in [0, 0.1) is 5.92 Å². The van der Waals surface area contributed by atoms with Gasteiger partial charge in [0.15, 0.2) is 6.10 Å². The number of amides is 2. The normalized spacial score (nSPS) is 19.2. The molecule has 1 heterocycles. The molecule has 7 heteroatoms. The molecular formula is C11H21N3O4. The summed E-state index contributed by atoms with van der Waals surface area (Å²) in [4.78, 5) is 23.9. The van der Waals surface area contributed by atoms with E-state index in [1.807, 2.05) is 0 Å². The maximum Gasteiger partial charge on any atom is 0.334 e. The van der Waals surface area contributed by atoms with Crippen LogP contribution in [0.4, 0.5) is 4.79 Å². The SMILES string of the molecule is CN1CCC(CNC(=O)NC[C@H](O)C(=O)O)CC1. The minimum Gasteiger partial charge on any atom is -0.479 e. The van der Waals surface area contributed by atoms with Gasteiger partial charge in [-0.2, -0.15) is 0 Å². The van der Waals surface area contributed by atoms with Crippen LogP contribution in [-0.2, 0) is 4.79 Å². The van der Waals surface area contributed by atoms with E-state index in [0.29, 0.717) is 12.5 Å². The van der Waals surface area contributed by atoms with Gasteiger partial charge in [0.2, 0.25) is 0 Å². The molecule has 0 aromatic rings. The summed E-state index contributed by atoms with van der Waals surface area (Å²) < 4.78 is 0. The number of carboxylic acid groups (broad SMARTS) is 1. The lowest BCUT2D eigenvalue weighted by atomic mass is 9.97. The third kappa shape index (κ3) is 5.33. The summed E-state index contributed by atoms with van der Waals surface area (Å²) in [5.74, 6) is -0.873. The lowest BCUT2D eigenvalue weighted by Crippen LogP contribution is -2.44. The number of urea groups is 1. The third-order valence-electron chi connectivity index (χ3n) is 3.13. The molecule has 0 saturated carbocycles. The largest absolute Gasteiger partial charge is 0.479 e. The molecule has 0 aliphatic carbocycles. The quantitative estimate of drug-likeness (QED) is 0.511. The Morgan fingerprint density at radius 3 is 2.50 bits per heavy atom. The Morgan fingerprint density at radius 2 is 1.94 bits per heavy atom. The van der Waals surface area contributed by atoms with Crippen molar-refractivity contribution in [2.75, 3.05) is 33.2 Å². The molecule has 1 rings (SSSR count). The molecule has 1 saturated heterocycles. The van der Waals surface area contributed by atoms with Crippen molar-refractivity contribution in [3.05, 3.63) is 0 Å². The first kappa shape index (κ1) is 14.7. The van der Waals surface area contributed by atoms with Gasteiger partial charge in [0.25, 0.3) is 0 Å². The second kappa shape index (κ2) is 7.17. The number of piperidine rings is 1. The second-order valence-electron chi connectivity index (χ2n) is 4.69. The van der Waals surface area contributed by atoms with E-state index < -0.39 is 18.1 Å². The number of nitrogens with zero attached hydrogens (tertiary/aromatic N) is 1. The number of likely N-dealkylation sites (tertiary alicyclic amines) is 1. The lowest BCUT2D eigenvalue weighted by molar-refractivity contribution is -0.146. The maximum atomic E-state index is 11.3. The average Bonchev–Trinajstić information content (AvgIpc) is 2.35. The molecular weight excluding hydrogens is 238 g/mol. The number of carbonyl (C=O) groups excluding carboxylic acids is 1. The Bertz CT molecular complexity index is 290. The molecule has 0 aromatic carbocycles. The topological polar surface area (TPSA) is 102 Å². The Labute approximate surface area is 106 Å². The molecule has 7 nitrogen and oxygen atoms in total. The Kier molecular flexibility index (Phi) is 5.87. The molecule has 0 bridgehead atoms. The van der Waals surface area contributed by atoms with E-state index >= 15 is 0 Å².